The lowest BCUT2D eigenvalue weighted by Crippen LogP contribution is -2.55. The van der Waals surface area contributed by atoms with Crippen LogP contribution in [0.4, 0.5) is 19.0 Å². The lowest BCUT2D eigenvalue weighted by atomic mass is 9.76. The number of phenolic OH excluding ortho intramolecular Hbond substituents is 1. The van der Waals surface area contributed by atoms with E-state index in [0.717, 1.165) is 45.3 Å². The molecule has 2 aromatic heterocycles. The van der Waals surface area contributed by atoms with E-state index in [0.29, 0.717) is 48.7 Å². The van der Waals surface area contributed by atoms with E-state index in [1.807, 2.05) is 0 Å². The SMILES string of the molecule is Oc1cc(-c2ncc3c(N4CC5CCC(C4)N5C[C@H]4CN4C(c4ccccc4)(c4ccccc4)c4ccccc4)nc(OC[C@@]45CCCN4C[C@H](F)C5)nc3c2F)c2c(F)cccc2c1. The Morgan fingerprint density at radius 2 is 1.46 bits per heavy atom. The molecule has 330 valence electrons. The molecular formula is C53H50F3N7O2. The molecule has 12 rings (SSSR count). The minimum atomic E-state index is -0.934. The number of alkyl halides is 1. The molecule has 5 aliphatic rings. The average Bonchev–Trinajstić information content (AvgIpc) is 3.79. The molecule has 5 aromatic carbocycles. The standard InChI is InChI=1S/C53H50F3N7O2/c54-38-26-52(22-11-23-61(52)28-38)33-65-51-58-49-44(27-57-48(47(49)56)43-25-42(64)24-34-12-10-19-45(55)46(34)43)50(59-51)60-29-39-20-21-40(30-60)62(39)31-41-32-63(41)53(35-13-4-1-5-14-35,36-15-6-2-7-16-36)37-17-8-3-9-18-37/h1-10,12-19,24-25,27,38-41,64H,11,20-23,26,28-33H2/t38-,39?,40?,41+,52+,63?/m1/s1. The summed E-state index contributed by atoms with van der Waals surface area (Å²) in [6, 6.07) is 40.7. The third-order valence-electron chi connectivity index (χ3n) is 15.1. The highest BCUT2D eigenvalue weighted by molar-refractivity contribution is 6.00. The number of phenols is 1. The number of halogens is 3. The van der Waals surface area contributed by atoms with Crippen molar-refractivity contribution in [1.82, 2.24) is 29.7 Å². The van der Waals surface area contributed by atoms with Crippen LogP contribution in [0.3, 0.4) is 0 Å². The molecule has 2 bridgehead atoms. The van der Waals surface area contributed by atoms with E-state index in [-0.39, 0.29) is 52.6 Å². The van der Waals surface area contributed by atoms with Crippen LogP contribution in [0.25, 0.3) is 32.9 Å². The molecule has 5 saturated heterocycles. The molecule has 5 aliphatic heterocycles. The Hall–Kier alpha value is -6.08. The Morgan fingerprint density at radius 3 is 2.14 bits per heavy atom. The van der Waals surface area contributed by atoms with Crippen molar-refractivity contribution in [3.05, 3.63) is 156 Å². The van der Waals surface area contributed by atoms with Crippen molar-refractivity contribution in [1.29, 1.82) is 0 Å². The normalized spacial score (nSPS) is 25.4. The summed E-state index contributed by atoms with van der Waals surface area (Å²) in [5, 5.41) is 11.7. The van der Waals surface area contributed by atoms with Gasteiger partial charge < -0.3 is 14.7 Å². The molecule has 6 atom stereocenters. The van der Waals surface area contributed by atoms with Gasteiger partial charge in [-0.25, -0.2) is 13.2 Å². The van der Waals surface area contributed by atoms with Crippen LogP contribution in [-0.4, -0.2) is 110 Å². The molecule has 3 unspecified atom stereocenters. The minimum absolute atomic E-state index is 0.000810. The van der Waals surface area contributed by atoms with E-state index >= 15 is 8.78 Å². The van der Waals surface area contributed by atoms with Gasteiger partial charge >= 0.3 is 6.01 Å². The molecule has 7 aromatic rings. The van der Waals surface area contributed by atoms with Crippen molar-refractivity contribution in [3.8, 4) is 23.0 Å². The van der Waals surface area contributed by atoms with Crippen LogP contribution < -0.4 is 9.64 Å². The first-order valence-electron chi connectivity index (χ1n) is 23.0. The summed E-state index contributed by atoms with van der Waals surface area (Å²) >= 11 is 0. The quantitative estimate of drug-likeness (QED) is 0.101. The van der Waals surface area contributed by atoms with E-state index in [2.05, 4.69) is 116 Å². The summed E-state index contributed by atoms with van der Waals surface area (Å²) in [7, 11) is 0. The van der Waals surface area contributed by atoms with Gasteiger partial charge in [0.25, 0.3) is 0 Å². The van der Waals surface area contributed by atoms with E-state index in [4.69, 9.17) is 14.7 Å². The van der Waals surface area contributed by atoms with Gasteiger partial charge in [0.05, 0.1) is 16.5 Å². The monoisotopic (exact) mass is 873 g/mol. The highest BCUT2D eigenvalue weighted by Gasteiger charge is 2.55. The zero-order chi connectivity index (χ0) is 43.9. The number of fused-ring (bicyclic) bond motifs is 5. The van der Waals surface area contributed by atoms with Crippen molar-refractivity contribution >= 4 is 27.5 Å². The first kappa shape index (κ1) is 40.4. The second kappa shape index (κ2) is 15.8. The van der Waals surface area contributed by atoms with Gasteiger partial charge in [0.1, 0.15) is 41.4 Å². The van der Waals surface area contributed by atoms with Crippen molar-refractivity contribution in [3.63, 3.8) is 0 Å². The molecule has 1 N–H and O–H groups in total. The molecule has 5 fully saturated rings. The molecule has 0 spiro atoms. The topological polar surface area (TPSA) is 80.9 Å². The second-order valence-electron chi connectivity index (χ2n) is 18.8. The molecule has 12 heteroatoms. The van der Waals surface area contributed by atoms with Gasteiger partial charge in [0.15, 0.2) is 5.82 Å². The summed E-state index contributed by atoms with van der Waals surface area (Å²) < 4.78 is 54.0. The number of ether oxygens (including phenoxy) is 1. The van der Waals surface area contributed by atoms with E-state index in [9.17, 15) is 9.50 Å². The van der Waals surface area contributed by atoms with Crippen LogP contribution >= 0.6 is 0 Å². The summed E-state index contributed by atoms with van der Waals surface area (Å²) in [6.45, 7) is 4.58. The molecule has 0 aliphatic carbocycles. The summed E-state index contributed by atoms with van der Waals surface area (Å²) in [6.07, 6.45) is 4.82. The fourth-order valence-electron chi connectivity index (χ4n) is 12.2. The van der Waals surface area contributed by atoms with Crippen LogP contribution in [0, 0.1) is 11.6 Å². The number of aromatic nitrogens is 3. The maximum Gasteiger partial charge on any atom is 0.319 e. The van der Waals surface area contributed by atoms with Crippen LogP contribution in [0.1, 0.15) is 48.8 Å². The van der Waals surface area contributed by atoms with E-state index < -0.39 is 28.9 Å². The zero-order valence-electron chi connectivity index (χ0n) is 36.0. The van der Waals surface area contributed by atoms with Gasteiger partial charge in [-0.3, -0.25) is 19.7 Å². The number of anilines is 1. The highest BCUT2D eigenvalue weighted by Crippen LogP contribution is 2.50. The van der Waals surface area contributed by atoms with Crippen LogP contribution in [-0.2, 0) is 5.54 Å². The molecule has 65 heavy (non-hydrogen) atoms. The third kappa shape index (κ3) is 6.74. The number of piperazine rings is 1. The second-order valence-corrected chi connectivity index (χ2v) is 18.8. The Morgan fingerprint density at radius 1 is 0.785 bits per heavy atom. The number of benzene rings is 5. The largest absolute Gasteiger partial charge is 0.508 e. The van der Waals surface area contributed by atoms with Crippen molar-refractivity contribution in [2.24, 2.45) is 0 Å². The molecule has 7 heterocycles. The van der Waals surface area contributed by atoms with E-state index in [1.54, 1.807) is 18.3 Å². The van der Waals surface area contributed by atoms with Gasteiger partial charge in [-0.2, -0.15) is 9.97 Å². The van der Waals surface area contributed by atoms with Gasteiger partial charge in [0, 0.05) is 74.4 Å². The first-order chi connectivity index (χ1) is 31.8. The van der Waals surface area contributed by atoms with Crippen molar-refractivity contribution in [2.75, 3.05) is 50.8 Å². The molecule has 0 saturated carbocycles. The Kier molecular flexibility index (Phi) is 9.84. The lowest BCUT2D eigenvalue weighted by molar-refractivity contribution is 0.107. The summed E-state index contributed by atoms with van der Waals surface area (Å²) in [5.41, 5.74) is 2.79. The number of rotatable bonds is 11. The number of hydrogen-bond acceptors (Lipinski definition) is 9. The number of hydrogen-bond donors (Lipinski definition) is 1. The van der Waals surface area contributed by atoms with E-state index in [1.165, 1.54) is 34.9 Å². The molecular weight excluding hydrogens is 824 g/mol. The third-order valence-corrected chi connectivity index (χ3v) is 15.1. The summed E-state index contributed by atoms with van der Waals surface area (Å²) in [5.74, 6) is -0.914. The predicted molar refractivity (Wildman–Crippen MR) is 246 cm³/mol. The Balaban J connectivity index is 0.881. The van der Waals surface area contributed by atoms with Gasteiger partial charge in [-0.1, -0.05) is 103 Å². The average molecular weight is 874 g/mol. The highest BCUT2D eigenvalue weighted by atomic mass is 19.1. The lowest BCUT2D eigenvalue weighted by Gasteiger charge is -2.43. The van der Waals surface area contributed by atoms with Crippen molar-refractivity contribution in [2.45, 2.75) is 67.5 Å². The molecule has 0 amide bonds. The Labute approximate surface area is 376 Å². The number of pyridine rings is 1. The molecule has 0 radical (unpaired) electrons. The fraction of sp³-hybridized carbons (Fsp3) is 0.340. The number of aromatic hydroxyl groups is 1. The maximum absolute atomic E-state index is 17.3. The van der Waals surface area contributed by atoms with Crippen molar-refractivity contribution < 1.29 is 23.0 Å². The summed E-state index contributed by atoms with van der Waals surface area (Å²) in [4.78, 5) is 24.1. The van der Waals surface area contributed by atoms with Crippen LogP contribution in [0.5, 0.6) is 11.8 Å². The van der Waals surface area contributed by atoms with Crippen LogP contribution in [0.15, 0.2) is 128 Å². The fourth-order valence-corrected chi connectivity index (χ4v) is 12.2. The van der Waals surface area contributed by atoms with Gasteiger partial charge in [-0.05, 0) is 72.5 Å². The van der Waals surface area contributed by atoms with Crippen LogP contribution in [0.2, 0.25) is 0 Å². The minimum Gasteiger partial charge on any atom is -0.508 e. The first-order valence-corrected chi connectivity index (χ1v) is 23.0. The maximum atomic E-state index is 17.3. The number of nitrogens with zero attached hydrogens (tertiary/aromatic N) is 7. The molecule has 9 nitrogen and oxygen atoms in total. The van der Waals surface area contributed by atoms with Gasteiger partial charge in [-0.15, -0.1) is 0 Å². The predicted octanol–water partition coefficient (Wildman–Crippen LogP) is 9.11. The van der Waals surface area contributed by atoms with Gasteiger partial charge in [0.2, 0.25) is 0 Å². The Bertz CT molecular complexity index is 2800. The smallest absolute Gasteiger partial charge is 0.319 e. The zero-order valence-corrected chi connectivity index (χ0v) is 36.0.